The Labute approximate surface area is 139 Å². The SMILES string of the molecule is COC(=O)c1cc(NCC2CN(C3CC3)CCO2)ccc1[N+](=O)[O-]. The third kappa shape index (κ3) is 3.82. The van der Waals surface area contributed by atoms with Crippen molar-refractivity contribution in [3.8, 4) is 0 Å². The summed E-state index contributed by atoms with van der Waals surface area (Å²) >= 11 is 0. The van der Waals surface area contributed by atoms with Crippen LogP contribution in [0.5, 0.6) is 0 Å². The van der Waals surface area contributed by atoms with Crippen LogP contribution in [0.2, 0.25) is 0 Å². The standard InChI is InChI=1S/C16H21N3O5/c1-23-16(20)14-8-11(2-5-15(14)19(21)22)17-9-13-10-18(6-7-24-13)12-3-4-12/h2,5,8,12-13,17H,3-4,6-7,9-10H2,1H3. The van der Waals surface area contributed by atoms with Gasteiger partial charge in [-0.25, -0.2) is 4.79 Å². The van der Waals surface area contributed by atoms with E-state index in [1.165, 1.54) is 32.1 Å². The molecule has 0 radical (unpaired) electrons. The molecule has 1 saturated heterocycles. The van der Waals surface area contributed by atoms with Gasteiger partial charge in [0.15, 0.2) is 0 Å². The van der Waals surface area contributed by atoms with E-state index < -0.39 is 10.9 Å². The van der Waals surface area contributed by atoms with Crippen molar-refractivity contribution in [2.75, 3.05) is 38.7 Å². The maximum atomic E-state index is 11.7. The van der Waals surface area contributed by atoms with Crippen LogP contribution in [0.15, 0.2) is 18.2 Å². The molecule has 3 rings (SSSR count). The van der Waals surface area contributed by atoms with Gasteiger partial charge in [-0.2, -0.15) is 0 Å². The molecule has 2 aliphatic rings. The zero-order valence-electron chi connectivity index (χ0n) is 13.6. The van der Waals surface area contributed by atoms with Crippen molar-refractivity contribution in [3.63, 3.8) is 0 Å². The Bertz CT molecular complexity index is 632. The molecule has 1 aromatic carbocycles. The van der Waals surface area contributed by atoms with Crippen molar-refractivity contribution in [1.82, 2.24) is 4.90 Å². The fourth-order valence-corrected chi connectivity index (χ4v) is 2.95. The maximum Gasteiger partial charge on any atom is 0.344 e. The highest BCUT2D eigenvalue weighted by Gasteiger charge is 2.32. The summed E-state index contributed by atoms with van der Waals surface area (Å²) in [6.07, 6.45) is 2.60. The number of nitro benzene ring substituents is 1. The number of morpholine rings is 1. The molecular weight excluding hydrogens is 314 g/mol. The molecule has 0 aromatic heterocycles. The predicted molar refractivity (Wildman–Crippen MR) is 87.3 cm³/mol. The van der Waals surface area contributed by atoms with Crippen molar-refractivity contribution in [3.05, 3.63) is 33.9 Å². The maximum absolute atomic E-state index is 11.7. The fraction of sp³-hybridized carbons (Fsp3) is 0.562. The number of hydrogen-bond donors (Lipinski definition) is 1. The molecule has 1 saturated carbocycles. The zero-order valence-corrected chi connectivity index (χ0v) is 13.6. The number of esters is 1. The van der Waals surface area contributed by atoms with Crippen molar-refractivity contribution >= 4 is 17.3 Å². The van der Waals surface area contributed by atoms with Gasteiger partial charge in [0.05, 0.1) is 24.7 Å². The second-order valence-electron chi connectivity index (χ2n) is 6.08. The lowest BCUT2D eigenvalue weighted by atomic mass is 10.1. The second-order valence-corrected chi connectivity index (χ2v) is 6.08. The van der Waals surface area contributed by atoms with Crippen LogP contribution in [-0.4, -0.2) is 61.3 Å². The quantitative estimate of drug-likeness (QED) is 0.480. The third-order valence-corrected chi connectivity index (χ3v) is 4.37. The molecular formula is C16H21N3O5. The number of ether oxygens (including phenoxy) is 2. The first-order valence-corrected chi connectivity index (χ1v) is 8.04. The Morgan fingerprint density at radius 1 is 1.50 bits per heavy atom. The van der Waals surface area contributed by atoms with E-state index in [0.717, 1.165) is 19.7 Å². The van der Waals surface area contributed by atoms with Crippen molar-refractivity contribution in [2.45, 2.75) is 25.0 Å². The van der Waals surface area contributed by atoms with E-state index in [4.69, 9.17) is 4.74 Å². The van der Waals surface area contributed by atoms with Crippen molar-refractivity contribution in [2.24, 2.45) is 0 Å². The van der Waals surface area contributed by atoms with Crippen LogP contribution in [0.1, 0.15) is 23.2 Å². The van der Waals surface area contributed by atoms with E-state index in [1.54, 1.807) is 6.07 Å². The third-order valence-electron chi connectivity index (χ3n) is 4.37. The Morgan fingerprint density at radius 2 is 2.29 bits per heavy atom. The summed E-state index contributed by atoms with van der Waals surface area (Å²) in [5, 5.41) is 14.2. The molecule has 1 N–H and O–H groups in total. The molecule has 0 spiro atoms. The van der Waals surface area contributed by atoms with E-state index >= 15 is 0 Å². The number of nitrogens with zero attached hydrogens (tertiary/aromatic N) is 2. The van der Waals surface area contributed by atoms with Crippen LogP contribution in [0.3, 0.4) is 0 Å². The molecule has 8 nitrogen and oxygen atoms in total. The van der Waals surface area contributed by atoms with Crippen LogP contribution in [0.4, 0.5) is 11.4 Å². The molecule has 130 valence electrons. The highest BCUT2D eigenvalue weighted by atomic mass is 16.6. The summed E-state index contributed by atoms with van der Waals surface area (Å²) in [7, 11) is 1.20. The van der Waals surface area contributed by atoms with Gasteiger partial charge in [-0.15, -0.1) is 0 Å². The molecule has 1 aliphatic heterocycles. The van der Waals surface area contributed by atoms with Gasteiger partial charge in [0.1, 0.15) is 5.56 Å². The smallest absolute Gasteiger partial charge is 0.344 e. The van der Waals surface area contributed by atoms with E-state index in [2.05, 4.69) is 15.0 Å². The number of carbonyl (C=O) groups excluding carboxylic acids is 1. The topological polar surface area (TPSA) is 93.9 Å². The summed E-state index contributed by atoms with van der Waals surface area (Å²) in [6.45, 7) is 3.16. The minimum absolute atomic E-state index is 0.0586. The van der Waals surface area contributed by atoms with Crippen LogP contribution in [0, 0.1) is 10.1 Å². The number of methoxy groups -OCH3 is 1. The van der Waals surface area contributed by atoms with Crippen LogP contribution in [0.25, 0.3) is 0 Å². The van der Waals surface area contributed by atoms with Gasteiger partial charge in [0.2, 0.25) is 0 Å². The molecule has 1 heterocycles. The highest BCUT2D eigenvalue weighted by molar-refractivity contribution is 5.95. The lowest BCUT2D eigenvalue weighted by Gasteiger charge is -2.33. The average molecular weight is 335 g/mol. The van der Waals surface area contributed by atoms with Crippen LogP contribution < -0.4 is 5.32 Å². The summed E-state index contributed by atoms with van der Waals surface area (Å²) in [4.78, 5) is 24.6. The average Bonchev–Trinajstić information content (AvgIpc) is 3.44. The van der Waals surface area contributed by atoms with Crippen LogP contribution in [-0.2, 0) is 9.47 Å². The number of carbonyl (C=O) groups is 1. The number of benzene rings is 1. The lowest BCUT2D eigenvalue weighted by Crippen LogP contribution is -2.46. The number of hydrogen-bond acceptors (Lipinski definition) is 7. The number of nitrogens with one attached hydrogen (secondary N) is 1. The molecule has 1 aliphatic carbocycles. The summed E-state index contributed by atoms with van der Waals surface area (Å²) < 4.78 is 10.4. The Kier molecular flexibility index (Phi) is 4.96. The molecule has 0 bridgehead atoms. The van der Waals surface area contributed by atoms with Crippen molar-refractivity contribution < 1.29 is 19.2 Å². The molecule has 24 heavy (non-hydrogen) atoms. The second kappa shape index (κ2) is 7.14. The summed E-state index contributed by atoms with van der Waals surface area (Å²) in [5.41, 5.74) is 0.311. The number of anilines is 1. The largest absolute Gasteiger partial charge is 0.465 e. The Balaban J connectivity index is 1.64. The zero-order chi connectivity index (χ0) is 17.1. The van der Waals surface area contributed by atoms with E-state index in [-0.39, 0.29) is 17.4 Å². The van der Waals surface area contributed by atoms with Gasteiger partial charge in [-0.1, -0.05) is 0 Å². The van der Waals surface area contributed by atoms with Crippen molar-refractivity contribution in [1.29, 1.82) is 0 Å². The fourth-order valence-electron chi connectivity index (χ4n) is 2.95. The number of rotatable bonds is 6. The van der Waals surface area contributed by atoms with E-state index in [9.17, 15) is 14.9 Å². The lowest BCUT2D eigenvalue weighted by molar-refractivity contribution is -0.385. The van der Waals surface area contributed by atoms with E-state index in [0.29, 0.717) is 18.3 Å². The summed E-state index contributed by atoms with van der Waals surface area (Å²) in [5.74, 6) is -0.723. The normalized spacial score (nSPS) is 21.3. The highest BCUT2D eigenvalue weighted by Crippen LogP contribution is 2.28. The molecule has 1 aromatic rings. The predicted octanol–water partition coefficient (Wildman–Crippen LogP) is 1.66. The number of nitro groups is 1. The van der Waals surface area contributed by atoms with Gasteiger partial charge in [-0.3, -0.25) is 15.0 Å². The molecule has 2 fully saturated rings. The minimum Gasteiger partial charge on any atom is -0.465 e. The monoisotopic (exact) mass is 335 g/mol. The Hall–Kier alpha value is -2.19. The van der Waals surface area contributed by atoms with Gasteiger partial charge in [0, 0.05) is 37.4 Å². The first kappa shape index (κ1) is 16.7. The minimum atomic E-state index is -0.723. The van der Waals surface area contributed by atoms with Gasteiger partial charge in [0.25, 0.3) is 5.69 Å². The summed E-state index contributed by atoms with van der Waals surface area (Å²) in [6, 6.07) is 5.06. The molecule has 0 amide bonds. The molecule has 1 atom stereocenters. The van der Waals surface area contributed by atoms with Gasteiger partial charge < -0.3 is 14.8 Å². The van der Waals surface area contributed by atoms with E-state index in [1.807, 2.05) is 0 Å². The first-order valence-electron chi connectivity index (χ1n) is 8.04. The first-order chi connectivity index (χ1) is 11.6. The van der Waals surface area contributed by atoms with Gasteiger partial charge >= 0.3 is 5.97 Å². The van der Waals surface area contributed by atoms with Gasteiger partial charge in [-0.05, 0) is 25.0 Å². The molecule has 8 heteroatoms. The molecule has 1 unspecified atom stereocenters. The van der Waals surface area contributed by atoms with Crippen LogP contribution >= 0.6 is 0 Å². The Morgan fingerprint density at radius 3 is 2.96 bits per heavy atom.